The first kappa shape index (κ1) is 16.7. The largest absolute Gasteiger partial charge is 0.496 e. The smallest absolute Gasteiger partial charge is 0.243 e. The van der Waals surface area contributed by atoms with Crippen LogP contribution in [0.5, 0.6) is 5.75 Å². The first-order valence-corrected chi connectivity index (χ1v) is 9.68. The van der Waals surface area contributed by atoms with Crippen molar-refractivity contribution in [3.63, 3.8) is 0 Å². The maximum Gasteiger partial charge on any atom is 0.243 e. The van der Waals surface area contributed by atoms with E-state index in [1.54, 1.807) is 23.5 Å². The highest BCUT2D eigenvalue weighted by Gasteiger charge is 2.41. The minimum absolute atomic E-state index is 0.0238. The predicted molar refractivity (Wildman–Crippen MR) is 88.4 cm³/mol. The van der Waals surface area contributed by atoms with Crippen LogP contribution >= 0.6 is 0 Å². The van der Waals surface area contributed by atoms with Crippen LogP contribution in [0.3, 0.4) is 0 Å². The van der Waals surface area contributed by atoms with Crippen LogP contribution < -0.4 is 4.74 Å². The zero-order valence-corrected chi connectivity index (χ0v) is 14.9. The van der Waals surface area contributed by atoms with Crippen molar-refractivity contribution < 1.29 is 17.9 Å². The molecule has 5 nitrogen and oxygen atoms in total. The summed E-state index contributed by atoms with van der Waals surface area (Å²) in [7, 11) is -1.91. The van der Waals surface area contributed by atoms with Gasteiger partial charge in [-0.1, -0.05) is 12.8 Å². The Morgan fingerprint density at radius 3 is 2.65 bits per heavy atom. The van der Waals surface area contributed by atoms with Crippen LogP contribution in [-0.2, 0) is 14.8 Å². The number of fused-ring (bicyclic) bond motifs is 1. The summed E-state index contributed by atoms with van der Waals surface area (Å²) in [6, 6.07) is 3.52. The number of rotatable bonds is 3. The first-order chi connectivity index (χ1) is 10.9. The summed E-state index contributed by atoms with van der Waals surface area (Å²) in [4.78, 5) is 0.391. The molecule has 0 N–H and O–H groups in total. The number of sulfonamides is 1. The second-order valence-electron chi connectivity index (χ2n) is 6.46. The molecule has 1 aromatic rings. The lowest BCUT2D eigenvalue weighted by atomic mass is 9.91. The van der Waals surface area contributed by atoms with Gasteiger partial charge in [0.25, 0.3) is 0 Å². The molecule has 0 bridgehead atoms. The molecule has 0 spiro atoms. The molecule has 1 heterocycles. The Labute approximate surface area is 138 Å². The van der Waals surface area contributed by atoms with Crippen LogP contribution in [0.4, 0.5) is 0 Å². The normalized spacial score (nSPS) is 25.9. The molecule has 1 aliphatic carbocycles. The molecule has 1 saturated carbocycles. The number of methoxy groups -OCH3 is 1. The van der Waals surface area contributed by atoms with Crippen LogP contribution in [0.25, 0.3) is 0 Å². The summed E-state index contributed by atoms with van der Waals surface area (Å²) in [6.07, 6.45) is 4.08. The number of nitrogens with zero attached hydrogens (tertiary/aromatic N) is 1. The van der Waals surface area contributed by atoms with Crippen molar-refractivity contribution in [3.05, 3.63) is 23.3 Å². The summed E-state index contributed by atoms with van der Waals surface area (Å²) in [6.45, 7) is 4.62. The summed E-state index contributed by atoms with van der Waals surface area (Å²) in [5.74, 6) is 0.721. The first-order valence-electron chi connectivity index (χ1n) is 8.24. The van der Waals surface area contributed by atoms with E-state index in [1.807, 2.05) is 13.8 Å². The van der Waals surface area contributed by atoms with Crippen LogP contribution in [0, 0.1) is 13.8 Å². The highest BCUT2D eigenvalue weighted by molar-refractivity contribution is 7.89. The second-order valence-corrected chi connectivity index (χ2v) is 8.32. The lowest BCUT2D eigenvalue weighted by Crippen LogP contribution is -2.54. The molecule has 2 fully saturated rings. The molecule has 2 atom stereocenters. The quantitative estimate of drug-likeness (QED) is 0.849. The SMILES string of the molecule is COc1cc(C)c(S(=O)(=O)N2CCOC3CCCCC32)cc1C. The van der Waals surface area contributed by atoms with E-state index in [4.69, 9.17) is 9.47 Å². The summed E-state index contributed by atoms with van der Waals surface area (Å²) < 4.78 is 39.3. The fraction of sp³-hybridized carbons (Fsp3) is 0.647. The van der Waals surface area contributed by atoms with Gasteiger partial charge in [-0.25, -0.2) is 8.42 Å². The zero-order chi connectivity index (χ0) is 16.6. The number of hydrogen-bond donors (Lipinski definition) is 0. The van der Waals surface area contributed by atoms with Gasteiger partial charge < -0.3 is 9.47 Å². The number of hydrogen-bond acceptors (Lipinski definition) is 4. The van der Waals surface area contributed by atoms with Gasteiger partial charge in [0.05, 0.1) is 30.8 Å². The van der Waals surface area contributed by atoms with Crippen molar-refractivity contribution in [1.29, 1.82) is 0 Å². The monoisotopic (exact) mass is 339 g/mol. The minimum Gasteiger partial charge on any atom is -0.496 e. The third-order valence-corrected chi connectivity index (χ3v) is 7.03. The van der Waals surface area contributed by atoms with E-state index in [-0.39, 0.29) is 12.1 Å². The Balaban J connectivity index is 1.99. The second kappa shape index (κ2) is 6.42. The molecule has 3 rings (SSSR count). The van der Waals surface area contributed by atoms with Crippen molar-refractivity contribution >= 4 is 10.0 Å². The van der Waals surface area contributed by atoms with Gasteiger partial charge in [0.2, 0.25) is 10.0 Å². The van der Waals surface area contributed by atoms with Crippen LogP contribution in [-0.4, -0.2) is 45.1 Å². The van der Waals surface area contributed by atoms with E-state index < -0.39 is 10.0 Å². The van der Waals surface area contributed by atoms with E-state index in [0.29, 0.717) is 18.0 Å². The molecule has 23 heavy (non-hydrogen) atoms. The fourth-order valence-corrected chi connectivity index (χ4v) is 5.70. The van der Waals surface area contributed by atoms with Crippen molar-refractivity contribution in [2.75, 3.05) is 20.3 Å². The van der Waals surface area contributed by atoms with E-state index in [9.17, 15) is 8.42 Å². The molecule has 1 saturated heterocycles. The van der Waals surface area contributed by atoms with Crippen molar-refractivity contribution in [3.8, 4) is 5.75 Å². The van der Waals surface area contributed by atoms with Crippen LogP contribution in [0.2, 0.25) is 0 Å². The van der Waals surface area contributed by atoms with Crippen molar-refractivity contribution in [2.45, 2.75) is 56.6 Å². The lowest BCUT2D eigenvalue weighted by Gasteiger charge is -2.43. The molecule has 0 radical (unpaired) electrons. The van der Waals surface area contributed by atoms with Gasteiger partial charge in [-0.05, 0) is 49.9 Å². The third kappa shape index (κ3) is 2.99. The fourth-order valence-electron chi connectivity index (χ4n) is 3.75. The number of ether oxygens (including phenoxy) is 2. The van der Waals surface area contributed by atoms with Gasteiger partial charge in [-0.3, -0.25) is 0 Å². The van der Waals surface area contributed by atoms with E-state index in [2.05, 4.69) is 0 Å². The van der Waals surface area contributed by atoms with Gasteiger partial charge in [-0.2, -0.15) is 4.31 Å². The molecule has 2 aliphatic rings. The molecular weight excluding hydrogens is 314 g/mol. The topological polar surface area (TPSA) is 55.8 Å². The minimum atomic E-state index is -3.51. The highest BCUT2D eigenvalue weighted by atomic mass is 32.2. The average Bonchev–Trinajstić information content (AvgIpc) is 2.55. The third-order valence-electron chi connectivity index (χ3n) is 4.96. The Hall–Kier alpha value is -1.11. The van der Waals surface area contributed by atoms with Crippen LogP contribution in [0.1, 0.15) is 36.8 Å². The Morgan fingerprint density at radius 1 is 1.17 bits per heavy atom. The average molecular weight is 339 g/mol. The van der Waals surface area contributed by atoms with Gasteiger partial charge in [0.1, 0.15) is 5.75 Å². The summed E-state index contributed by atoms with van der Waals surface area (Å²) in [5.41, 5.74) is 1.57. The number of morpholine rings is 1. The van der Waals surface area contributed by atoms with Gasteiger partial charge in [0, 0.05) is 6.54 Å². The van der Waals surface area contributed by atoms with Crippen molar-refractivity contribution in [1.82, 2.24) is 4.31 Å². The zero-order valence-electron chi connectivity index (χ0n) is 14.0. The number of benzene rings is 1. The molecule has 0 amide bonds. The Bertz CT molecular complexity index is 684. The maximum atomic E-state index is 13.2. The molecule has 2 unspecified atom stereocenters. The molecule has 128 valence electrons. The van der Waals surface area contributed by atoms with Gasteiger partial charge in [-0.15, -0.1) is 0 Å². The van der Waals surface area contributed by atoms with Gasteiger partial charge >= 0.3 is 0 Å². The molecule has 0 aromatic heterocycles. The summed E-state index contributed by atoms with van der Waals surface area (Å²) in [5, 5.41) is 0. The number of aryl methyl sites for hydroxylation is 2. The Kier molecular flexibility index (Phi) is 4.67. The molecule has 6 heteroatoms. The summed E-state index contributed by atoms with van der Waals surface area (Å²) >= 11 is 0. The van der Waals surface area contributed by atoms with E-state index in [1.165, 1.54) is 0 Å². The molecular formula is C17H25NO4S. The van der Waals surface area contributed by atoms with E-state index in [0.717, 1.165) is 42.6 Å². The molecule has 1 aliphatic heterocycles. The lowest BCUT2D eigenvalue weighted by molar-refractivity contribution is -0.0586. The van der Waals surface area contributed by atoms with E-state index >= 15 is 0 Å². The Morgan fingerprint density at radius 2 is 1.91 bits per heavy atom. The predicted octanol–water partition coefficient (Wildman–Crippen LogP) is 2.64. The standard InChI is InChI=1S/C17H25NO4S/c1-12-11-17(13(2)10-16(12)21-3)23(19,20)18-8-9-22-15-7-5-4-6-14(15)18/h10-11,14-15H,4-9H2,1-3H3. The van der Waals surface area contributed by atoms with Crippen LogP contribution in [0.15, 0.2) is 17.0 Å². The van der Waals surface area contributed by atoms with Gasteiger partial charge in [0.15, 0.2) is 0 Å². The highest BCUT2D eigenvalue weighted by Crippen LogP contribution is 2.34. The van der Waals surface area contributed by atoms with Crippen molar-refractivity contribution in [2.24, 2.45) is 0 Å². The maximum absolute atomic E-state index is 13.2. The molecule has 1 aromatic carbocycles.